The summed E-state index contributed by atoms with van der Waals surface area (Å²) >= 11 is 0. The monoisotopic (exact) mass is 501 g/mol. The van der Waals surface area contributed by atoms with Crippen LogP contribution in [0.2, 0.25) is 0 Å². The molecule has 3 aromatic carbocycles. The first-order valence-corrected chi connectivity index (χ1v) is 13.4. The van der Waals surface area contributed by atoms with Crippen LogP contribution in [0.4, 0.5) is 0 Å². The lowest BCUT2D eigenvalue weighted by molar-refractivity contribution is 0.0159. The van der Waals surface area contributed by atoms with Crippen molar-refractivity contribution in [2.24, 2.45) is 5.92 Å². The van der Waals surface area contributed by atoms with E-state index in [4.69, 9.17) is 5.11 Å². The fourth-order valence-corrected chi connectivity index (χ4v) is 4.66. The summed E-state index contributed by atoms with van der Waals surface area (Å²) in [6.45, 7) is 5.86. The molecule has 0 aliphatic rings. The summed E-state index contributed by atoms with van der Waals surface area (Å²) in [5.74, 6) is -0.865. The molecular formula is C28H38O6P+. The number of carbonyl (C=O) groups is 1. The molecule has 0 spiro atoms. The van der Waals surface area contributed by atoms with E-state index in [1.165, 1.54) is 0 Å². The van der Waals surface area contributed by atoms with Crippen molar-refractivity contribution in [2.75, 3.05) is 0 Å². The lowest BCUT2D eigenvalue weighted by atomic mass is 9.94. The van der Waals surface area contributed by atoms with E-state index in [9.17, 15) is 24.8 Å². The van der Waals surface area contributed by atoms with Gasteiger partial charge < -0.3 is 15.3 Å². The van der Waals surface area contributed by atoms with Crippen molar-refractivity contribution >= 4 is 24.3 Å². The van der Waals surface area contributed by atoms with Gasteiger partial charge in [-0.1, -0.05) is 81.8 Å². The van der Waals surface area contributed by atoms with Gasteiger partial charge in [0.1, 0.15) is 0 Å². The van der Waals surface area contributed by atoms with Crippen LogP contribution in [-0.2, 0) is 0 Å². The number of carboxylic acid groups (broad SMARTS) is 1. The highest BCUT2D eigenvalue weighted by Gasteiger charge is 2.39. The van der Waals surface area contributed by atoms with E-state index in [0.717, 1.165) is 19.3 Å². The molecule has 3 atom stereocenters. The van der Waals surface area contributed by atoms with Crippen LogP contribution >= 0.6 is 7.72 Å². The Morgan fingerprint density at radius 3 is 1.46 bits per heavy atom. The zero-order chi connectivity index (χ0) is 26.3. The van der Waals surface area contributed by atoms with Crippen molar-refractivity contribution in [1.29, 1.82) is 0 Å². The predicted octanol–water partition coefficient (Wildman–Crippen LogP) is 4.41. The topological polar surface area (TPSA) is 118 Å². The first kappa shape index (κ1) is 30.4. The second kappa shape index (κ2) is 16.1. The van der Waals surface area contributed by atoms with Gasteiger partial charge in [0.05, 0.1) is 17.8 Å². The summed E-state index contributed by atoms with van der Waals surface area (Å²) in [6.07, 6.45) is 1.80. The van der Waals surface area contributed by atoms with Crippen molar-refractivity contribution in [3.05, 3.63) is 96.6 Å². The number of aliphatic hydroxyl groups is 2. The average Bonchev–Trinajstić information content (AvgIpc) is 2.90. The van der Waals surface area contributed by atoms with Gasteiger partial charge in [0.15, 0.2) is 10.6 Å². The Morgan fingerprint density at radius 2 is 1.14 bits per heavy atom. The molecule has 0 aromatic heterocycles. The van der Waals surface area contributed by atoms with Crippen molar-refractivity contribution in [2.45, 2.75) is 52.2 Å². The second-order valence-corrected chi connectivity index (χ2v) is 10.4. The van der Waals surface area contributed by atoms with Crippen LogP contribution in [0.3, 0.4) is 0 Å². The SMILES string of the molecule is CCCC(O)C(C)C(O)CC.O=C(O)c1ccccc1.O[P+](O)(c1ccccc1)c1ccccc1. The molecule has 0 amide bonds. The van der Waals surface area contributed by atoms with Crippen LogP contribution in [0.1, 0.15) is 50.4 Å². The van der Waals surface area contributed by atoms with Crippen LogP contribution in [0.15, 0.2) is 91.0 Å². The molecule has 190 valence electrons. The van der Waals surface area contributed by atoms with Gasteiger partial charge in [-0.25, -0.2) is 14.6 Å². The Morgan fingerprint density at radius 1 is 0.743 bits per heavy atom. The summed E-state index contributed by atoms with van der Waals surface area (Å²) < 4.78 is 0. The van der Waals surface area contributed by atoms with E-state index in [0.29, 0.717) is 16.2 Å². The fraction of sp³-hybridized carbons (Fsp3) is 0.321. The normalized spacial score (nSPS) is 13.2. The van der Waals surface area contributed by atoms with Crippen molar-refractivity contribution < 1.29 is 29.9 Å². The van der Waals surface area contributed by atoms with Gasteiger partial charge >= 0.3 is 13.7 Å². The molecule has 3 aromatic rings. The summed E-state index contributed by atoms with van der Waals surface area (Å²) in [5.41, 5.74) is 0.331. The predicted molar refractivity (Wildman–Crippen MR) is 143 cm³/mol. The number of aliphatic hydroxyl groups excluding tert-OH is 2. The number of aromatic carboxylic acids is 1. The van der Waals surface area contributed by atoms with Crippen molar-refractivity contribution in [1.82, 2.24) is 0 Å². The largest absolute Gasteiger partial charge is 0.478 e. The van der Waals surface area contributed by atoms with Crippen LogP contribution in [-0.4, -0.2) is 43.3 Å². The maximum atomic E-state index is 10.2. The fourth-order valence-electron chi connectivity index (χ4n) is 3.19. The van der Waals surface area contributed by atoms with Crippen molar-refractivity contribution in [3.8, 4) is 0 Å². The molecule has 0 saturated carbocycles. The zero-order valence-corrected chi connectivity index (χ0v) is 21.5. The van der Waals surface area contributed by atoms with Gasteiger partial charge in [-0.05, 0) is 49.2 Å². The number of rotatable bonds is 8. The molecule has 0 aliphatic heterocycles. The highest BCUT2D eigenvalue weighted by Crippen LogP contribution is 2.46. The van der Waals surface area contributed by atoms with E-state index in [-0.39, 0.29) is 18.1 Å². The van der Waals surface area contributed by atoms with Crippen LogP contribution in [0, 0.1) is 5.92 Å². The molecule has 3 unspecified atom stereocenters. The number of hydrogen-bond acceptors (Lipinski definition) is 5. The number of hydrogen-bond donors (Lipinski definition) is 5. The molecule has 6 nitrogen and oxygen atoms in total. The minimum atomic E-state index is -3.15. The molecule has 3 rings (SSSR count). The molecular weight excluding hydrogens is 463 g/mol. The van der Waals surface area contributed by atoms with Crippen LogP contribution < -0.4 is 10.6 Å². The van der Waals surface area contributed by atoms with Gasteiger partial charge in [0.25, 0.3) is 0 Å². The van der Waals surface area contributed by atoms with Gasteiger partial charge in [0.2, 0.25) is 0 Å². The average molecular weight is 502 g/mol. The van der Waals surface area contributed by atoms with E-state index in [1.54, 1.807) is 78.9 Å². The first-order valence-electron chi connectivity index (χ1n) is 11.7. The Labute approximate surface area is 209 Å². The highest BCUT2D eigenvalue weighted by molar-refractivity contribution is 7.79. The molecule has 7 heteroatoms. The molecule has 35 heavy (non-hydrogen) atoms. The third-order valence-corrected chi connectivity index (χ3v) is 7.51. The van der Waals surface area contributed by atoms with Gasteiger partial charge in [-0.15, -0.1) is 0 Å². The van der Waals surface area contributed by atoms with E-state index in [2.05, 4.69) is 0 Å². The lowest BCUT2D eigenvalue weighted by Gasteiger charge is -2.22. The summed E-state index contributed by atoms with van der Waals surface area (Å²) in [7, 11) is -3.15. The zero-order valence-electron chi connectivity index (χ0n) is 20.6. The van der Waals surface area contributed by atoms with Crippen LogP contribution in [0.25, 0.3) is 0 Å². The smallest absolute Gasteiger partial charge is 0.335 e. The second-order valence-electron chi connectivity index (χ2n) is 8.13. The van der Waals surface area contributed by atoms with Crippen LogP contribution in [0.5, 0.6) is 0 Å². The van der Waals surface area contributed by atoms with Gasteiger partial charge in [-0.3, -0.25) is 0 Å². The molecule has 0 heterocycles. The molecule has 0 radical (unpaired) electrons. The molecule has 0 bridgehead atoms. The quantitative estimate of drug-likeness (QED) is 0.292. The van der Waals surface area contributed by atoms with E-state index < -0.39 is 13.7 Å². The standard InChI is InChI=1S/C12H12O2P.C9H20O2.C7H6O2/c13-15(14,11-7-3-1-4-8-11)12-9-5-2-6-10-12;1-4-6-9(11)7(3)8(10)5-2;8-7(9)6-4-2-1-3-5-6/h1-10,13-14H;7-11H,4-6H2,1-3H3;1-5H,(H,8,9)/q+1;;. The Hall–Kier alpha value is -2.60. The Balaban J connectivity index is 0.000000273. The molecule has 0 fully saturated rings. The molecule has 0 aliphatic carbocycles. The highest BCUT2D eigenvalue weighted by atomic mass is 31.2. The van der Waals surface area contributed by atoms with Crippen molar-refractivity contribution in [3.63, 3.8) is 0 Å². The summed E-state index contributed by atoms with van der Waals surface area (Å²) in [5, 5.41) is 28.4. The molecule has 0 saturated heterocycles. The first-order chi connectivity index (χ1) is 16.6. The minimum Gasteiger partial charge on any atom is -0.478 e. The van der Waals surface area contributed by atoms with Gasteiger partial charge in [0, 0.05) is 5.92 Å². The Kier molecular flexibility index (Phi) is 14.0. The minimum absolute atomic E-state index is 0.0138. The third kappa shape index (κ3) is 10.7. The molecule has 5 N–H and O–H groups in total. The number of benzene rings is 3. The maximum absolute atomic E-state index is 10.2. The van der Waals surface area contributed by atoms with E-state index in [1.807, 2.05) is 32.9 Å². The number of carboxylic acids is 1. The summed E-state index contributed by atoms with van der Waals surface area (Å²) in [6, 6.07) is 26.2. The summed E-state index contributed by atoms with van der Waals surface area (Å²) in [4.78, 5) is 30.4. The Bertz CT molecular complexity index is 909. The lowest BCUT2D eigenvalue weighted by Crippen LogP contribution is -2.28. The van der Waals surface area contributed by atoms with Gasteiger partial charge in [-0.2, -0.15) is 0 Å². The third-order valence-electron chi connectivity index (χ3n) is 5.47. The van der Waals surface area contributed by atoms with E-state index >= 15 is 0 Å². The maximum Gasteiger partial charge on any atom is 0.335 e.